The molecule has 6 heteroatoms. The molecule has 0 spiro atoms. The number of anilines is 1. The quantitative estimate of drug-likeness (QED) is 0.691. The lowest BCUT2D eigenvalue weighted by Crippen LogP contribution is -2.04. The summed E-state index contributed by atoms with van der Waals surface area (Å²) < 4.78 is 29.2. The maximum Gasteiger partial charge on any atom is 0.150 e. The van der Waals surface area contributed by atoms with E-state index < -0.39 is 11.6 Å². The van der Waals surface area contributed by atoms with Crippen LogP contribution in [0.25, 0.3) is 10.2 Å². The van der Waals surface area contributed by atoms with Crippen LogP contribution in [-0.2, 0) is 6.54 Å². The molecule has 0 aliphatic rings. The normalized spacial score (nSPS) is 11.0. The number of hydrogen-bond acceptors (Lipinski definition) is 4. The number of halogens is 2. The lowest BCUT2D eigenvalue weighted by Gasteiger charge is -2.08. The SMILES string of the molecule is CSc1nc2ccc(NCc3c(F)cccc3F)cc2s1. The molecule has 2 aromatic carbocycles. The molecule has 3 rings (SSSR count). The van der Waals surface area contributed by atoms with Crippen molar-refractivity contribution in [3.05, 3.63) is 53.6 Å². The molecule has 1 aromatic heterocycles. The van der Waals surface area contributed by atoms with Gasteiger partial charge in [-0.3, -0.25) is 0 Å². The van der Waals surface area contributed by atoms with Gasteiger partial charge >= 0.3 is 0 Å². The Hall–Kier alpha value is -1.66. The van der Waals surface area contributed by atoms with E-state index in [0.29, 0.717) is 0 Å². The van der Waals surface area contributed by atoms with Crippen LogP contribution >= 0.6 is 23.1 Å². The number of nitrogens with zero attached hydrogens (tertiary/aromatic N) is 1. The first-order valence-corrected chi connectivity index (χ1v) is 8.33. The number of hydrogen-bond donors (Lipinski definition) is 1. The summed E-state index contributed by atoms with van der Waals surface area (Å²) in [6.07, 6.45) is 1.98. The molecule has 0 bridgehead atoms. The third kappa shape index (κ3) is 3.01. The Bertz CT molecular complexity index is 766. The molecule has 0 fully saturated rings. The number of thioether (sulfide) groups is 1. The Kier molecular flexibility index (Phi) is 4.07. The van der Waals surface area contributed by atoms with E-state index in [-0.39, 0.29) is 12.1 Å². The monoisotopic (exact) mass is 322 g/mol. The third-order valence-corrected chi connectivity index (χ3v) is 5.08. The zero-order chi connectivity index (χ0) is 14.8. The van der Waals surface area contributed by atoms with Crippen LogP contribution < -0.4 is 5.32 Å². The van der Waals surface area contributed by atoms with Crippen LogP contribution in [0.2, 0.25) is 0 Å². The van der Waals surface area contributed by atoms with Crippen LogP contribution in [0.1, 0.15) is 5.56 Å². The van der Waals surface area contributed by atoms with Crippen LogP contribution in [0.3, 0.4) is 0 Å². The highest BCUT2D eigenvalue weighted by atomic mass is 32.2. The Morgan fingerprint density at radius 3 is 2.67 bits per heavy atom. The van der Waals surface area contributed by atoms with Crippen molar-refractivity contribution in [3.8, 4) is 0 Å². The smallest absolute Gasteiger partial charge is 0.150 e. The van der Waals surface area contributed by atoms with E-state index in [1.807, 2.05) is 24.5 Å². The molecule has 0 aliphatic carbocycles. The first-order chi connectivity index (χ1) is 10.2. The molecule has 0 saturated carbocycles. The molecule has 3 aromatic rings. The minimum atomic E-state index is -0.536. The summed E-state index contributed by atoms with van der Waals surface area (Å²) in [7, 11) is 0. The molecule has 1 N–H and O–H groups in total. The van der Waals surface area contributed by atoms with E-state index in [4.69, 9.17) is 0 Å². The predicted octanol–water partition coefficient (Wildman–Crippen LogP) is 4.91. The van der Waals surface area contributed by atoms with Crippen LogP contribution in [0.4, 0.5) is 14.5 Å². The van der Waals surface area contributed by atoms with Gasteiger partial charge in [-0.15, -0.1) is 11.3 Å². The largest absolute Gasteiger partial charge is 0.381 e. The maximum atomic E-state index is 13.6. The van der Waals surface area contributed by atoms with E-state index in [1.54, 1.807) is 23.1 Å². The summed E-state index contributed by atoms with van der Waals surface area (Å²) in [4.78, 5) is 4.45. The molecule has 0 atom stereocenters. The first-order valence-electron chi connectivity index (χ1n) is 6.28. The first kappa shape index (κ1) is 14.3. The minimum absolute atomic E-state index is 0.0479. The summed E-state index contributed by atoms with van der Waals surface area (Å²) in [5, 5.41) is 3.05. The number of fused-ring (bicyclic) bond motifs is 1. The van der Waals surface area contributed by atoms with Gasteiger partial charge in [-0.25, -0.2) is 13.8 Å². The second-order valence-electron chi connectivity index (χ2n) is 4.42. The second kappa shape index (κ2) is 5.99. The third-order valence-electron chi connectivity index (χ3n) is 3.07. The van der Waals surface area contributed by atoms with Crippen molar-refractivity contribution >= 4 is 39.0 Å². The number of benzene rings is 2. The highest BCUT2D eigenvalue weighted by Gasteiger charge is 2.08. The van der Waals surface area contributed by atoms with Crippen LogP contribution in [0.5, 0.6) is 0 Å². The summed E-state index contributed by atoms with van der Waals surface area (Å²) >= 11 is 3.21. The van der Waals surface area contributed by atoms with Gasteiger partial charge in [0.05, 0.1) is 10.2 Å². The van der Waals surface area contributed by atoms with Gasteiger partial charge in [0.15, 0.2) is 4.34 Å². The van der Waals surface area contributed by atoms with Gasteiger partial charge in [-0.05, 0) is 36.6 Å². The van der Waals surface area contributed by atoms with Crippen molar-refractivity contribution in [3.63, 3.8) is 0 Å². The fraction of sp³-hybridized carbons (Fsp3) is 0.133. The molecule has 1 heterocycles. The number of aromatic nitrogens is 1. The molecule has 0 radical (unpaired) electrons. The standard InChI is InChI=1S/C15H12F2N2S2/c1-20-15-19-13-6-5-9(7-14(13)21-15)18-8-10-11(16)3-2-4-12(10)17/h2-7,18H,8H2,1H3. The summed E-state index contributed by atoms with van der Waals surface area (Å²) in [6.45, 7) is 0.109. The zero-order valence-corrected chi connectivity index (χ0v) is 12.8. The van der Waals surface area contributed by atoms with Crippen molar-refractivity contribution in [1.82, 2.24) is 4.98 Å². The van der Waals surface area contributed by atoms with Crippen molar-refractivity contribution in [2.75, 3.05) is 11.6 Å². The fourth-order valence-corrected chi connectivity index (χ4v) is 3.52. The van der Waals surface area contributed by atoms with E-state index in [1.165, 1.54) is 18.2 Å². The van der Waals surface area contributed by atoms with Crippen molar-refractivity contribution in [2.45, 2.75) is 10.9 Å². The van der Waals surface area contributed by atoms with Gasteiger partial charge < -0.3 is 5.32 Å². The topological polar surface area (TPSA) is 24.9 Å². The molecule has 0 aliphatic heterocycles. The summed E-state index contributed by atoms with van der Waals surface area (Å²) in [5.41, 5.74) is 1.81. The highest BCUT2D eigenvalue weighted by molar-refractivity contribution is 8.00. The fourth-order valence-electron chi connectivity index (χ4n) is 1.99. The van der Waals surface area contributed by atoms with Gasteiger partial charge in [0.1, 0.15) is 11.6 Å². The summed E-state index contributed by atoms with van der Waals surface area (Å²) in [6, 6.07) is 9.61. The van der Waals surface area contributed by atoms with Gasteiger partial charge in [0.25, 0.3) is 0 Å². The molecule has 108 valence electrons. The van der Waals surface area contributed by atoms with E-state index in [2.05, 4.69) is 10.3 Å². The van der Waals surface area contributed by atoms with Crippen molar-refractivity contribution < 1.29 is 8.78 Å². The number of thiazole rings is 1. The highest BCUT2D eigenvalue weighted by Crippen LogP contribution is 2.30. The van der Waals surface area contributed by atoms with Gasteiger partial charge in [0.2, 0.25) is 0 Å². The van der Waals surface area contributed by atoms with E-state index >= 15 is 0 Å². The van der Waals surface area contributed by atoms with Crippen molar-refractivity contribution in [2.24, 2.45) is 0 Å². The lowest BCUT2D eigenvalue weighted by atomic mass is 10.2. The zero-order valence-electron chi connectivity index (χ0n) is 11.2. The van der Waals surface area contributed by atoms with Gasteiger partial charge in [-0.2, -0.15) is 0 Å². The lowest BCUT2D eigenvalue weighted by molar-refractivity contribution is 0.560. The molecular weight excluding hydrogens is 310 g/mol. The van der Waals surface area contributed by atoms with Crippen LogP contribution in [-0.4, -0.2) is 11.2 Å². The Morgan fingerprint density at radius 1 is 1.19 bits per heavy atom. The molecular formula is C15H12F2N2S2. The van der Waals surface area contributed by atoms with Crippen molar-refractivity contribution in [1.29, 1.82) is 0 Å². The Morgan fingerprint density at radius 2 is 1.95 bits per heavy atom. The Balaban J connectivity index is 1.82. The van der Waals surface area contributed by atoms with Crippen LogP contribution in [0, 0.1) is 11.6 Å². The number of nitrogens with one attached hydrogen (secondary N) is 1. The van der Waals surface area contributed by atoms with Gasteiger partial charge in [0, 0.05) is 17.8 Å². The van der Waals surface area contributed by atoms with Gasteiger partial charge in [-0.1, -0.05) is 17.8 Å². The molecule has 2 nitrogen and oxygen atoms in total. The summed E-state index contributed by atoms with van der Waals surface area (Å²) in [5.74, 6) is -1.07. The predicted molar refractivity (Wildman–Crippen MR) is 85.1 cm³/mol. The molecule has 21 heavy (non-hydrogen) atoms. The average Bonchev–Trinajstić information content (AvgIpc) is 2.89. The maximum absolute atomic E-state index is 13.6. The minimum Gasteiger partial charge on any atom is -0.381 e. The van der Waals surface area contributed by atoms with E-state index in [9.17, 15) is 8.78 Å². The molecule has 0 saturated heterocycles. The Labute approximate surface area is 129 Å². The number of rotatable bonds is 4. The molecule has 0 unspecified atom stereocenters. The average molecular weight is 322 g/mol. The van der Waals surface area contributed by atoms with Crippen LogP contribution in [0.15, 0.2) is 40.7 Å². The molecule has 0 amide bonds. The van der Waals surface area contributed by atoms with E-state index in [0.717, 1.165) is 20.2 Å². The second-order valence-corrected chi connectivity index (χ2v) is 6.50.